The van der Waals surface area contributed by atoms with Gasteiger partial charge in [-0.1, -0.05) is 60.0 Å². The molecule has 0 radical (unpaired) electrons. The van der Waals surface area contributed by atoms with E-state index in [9.17, 15) is 10.2 Å². The standard InChI is InChI=1S/C27H46O2/c1-17(2)7-6-8-18(3)20-11-12-21-19-9-10-23-25(29)24(28)14-16-27(23,5)22(19)13-15-26(20,21)4/h10,17-22,24-25,28-29H,6-9,11-16H2,1-5H3/t18-,19+,20-,21+,22+,24+,25-,26-,27-/m1/s1. The van der Waals surface area contributed by atoms with E-state index >= 15 is 0 Å². The predicted octanol–water partition coefficient (Wildman–Crippen LogP) is 6.36. The van der Waals surface area contributed by atoms with Gasteiger partial charge in [-0.15, -0.1) is 0 Å². The molecular weight excluding hydrogens is 356 g/mol. The first-order valence-electron chi connectivity index (χ1n) is 12.7. The van der Waals surface area contributed by atoms with Gasteiger partial charge in [0.25, 0.3) is 0 Å². The molecule has 2 nitrogen and oxygen atoms in total. The lowest BCUT2D eigenvalue weighted by molar-refractivity contribution is -0.0801. The van der Waals surface area contributed by atoms with Crippen LogP contribution in [0.1, 0.15) is 98.8 Å². The molecule has 2 N–H and O–H groups in total. The Bertz CT molecular complexity index is 624. The Morgan fingerprint density at radius 3 is 2.45 bits per heavy atom. The third-order valence-corrected chi connectivity index (χ3v) is 10.4. The minimum Gasteiger partial charge on any atom is -0.390 e. The Morgan fingerprint density at radius 2 is 1.72 bits per heavy atom. The average molecular weight is 403 g/mol. The molecule has 0 spiro atoms. The van der Waals surface area contributed by atoms with Gasteiger partial charge in [0.2, 0.25) is 0 Å². The van der Waals surface area contributed by atoms with Gasteiger partial charge in [0, 0.05) is 0 Å². The Labute approximate surface area is 179 Å². The van der Waals surface area contributed by atoms with Gasteiger partial charge in [-0.3, -0.25) is 0 Å². The third kappa shape index (κ3) is 3.55. The number of rotatable bonds is 5. The topological polar surface area (TPSA) is 40.5 Å². The maximum absolute atomic E-state index is 10.7. The molecule has 3 saturated carbocycles. The van der Waals surface area contributed by atoms with Gasteiger partial charge in [-0.05, 0) is 96.9 Å². The lowest BCUT2D eigenvalue weighted by Gasteiger charge is -2.59. The van der Waals surface area contributed by atoms with Crippen molar-refractivity contribution in [2.75, 3.05) is 0 Å². The second-order valence-electron chi connectivity index (χ2n) is 12.3. The number of hydrogen-bond acceptors (Lipinski definition) is 2. The molecule has 0 aromatic carbocycles. The van der Waals surface area contributed by atoms with Crippen LogP contribution in [-0.2, 0) is 0 Å². The zero-order valence-electron chi connectivity index (χ0n) is 19.7. The van der Waals surface area contributed by atoms with Crippen LogP contribution in [0.2, 0.25) is 0 Å². The van der Waals surface area contributed by atoms with Crippen LogP contribution in [0.15, 0.2) is 11.6 Å². The summed E-state index contributed by atoms with van der Waals surface area (Å²) in [6.45, 7) is 12.3. The molecule has 0 aliphatic heterocycles. The molecule has 0 amide bonds. The summed E-state index contributed by atoms with van der Waals surface area (Å²) in [5.74, 6) is 4.95. The molecule has 0 aromatic heterocycles. The Balaban J connectivity index is 1.51. The van der Waals surface area contributed by atoms with Crippen molar-refractivity contribution in [2.24, 2.45) is 46.3 Å². The summed E-state index contributed by atoms with van der Waals surface area (Å²) < 4.78 is 0. The van der Waals surface area contributed by atoms with Crippen molar-refractivity contribution in [3.8, 4) is 0 Å². The van der Waals surface area contributed by atoms with Crippen molar-refractivity contribution in [2.45, 2.75) is 111 Å². The van der Waals surface area contributed by atoms with Crippen LogP contribution in [0.25, 0.3) is 0 Å². The fourth-order valence-corrected chi connectivity index (χ4v) is 8.74. The van der Waals surface area contributed by atoms with Gasteiger partial charge in [0.1, 0.15) is 6.10 Å². The van der Waals surface area contributed by atoms with Crippen molar-refractivity contribution in [1.29, 1.82) is 0 Å². The molecule has 0 heterocycles. The van der Waals surface area contributed by atoms with E-state index in [0.717, 1.165) is 48.9 Å². The highest BCUT2D eigenvalue weighted by atomic mass is 16.3. The lowest BCUT2D eigenvalue weighted by Crippen LogP contribution is -2.53. The van der Waals surface area contributed by atoms with Crippen molar-refractivity contribution in [3.63, 3.8) is 0 Å². The summed E-state index contributed by atoms with van der Waals surface area (Å²) in [7, 11) is 0. The van der Waals surface area contributed by atoms with Crippen molar-refractivity contribution >= 4 is 0 Å². The highest BCUT2D eigenvalue weighted by Gasteiger charge is 2.60. The van der Waals surface area contributed by atoms with Gasteiger partial charge in [-0.25, -0.2) is 0 Å². The smallest absolute Gasteiger partial charge is 0.101 e. The summed E-state index contributed by atoms with van der Waals surface area (Å²) in [5.41, 5.74) is 1.81. The molecule has 2 heteroatoms. The van der Waals surface area contributed by atoms with Crippen LogP contribution in [0.5, 0.6) is 0 Å². The maximum atomic E-state index is 10.7. The Hall–Kier alpha value is -0.340. The van der Waals surface area contributed by atoms with Crippen LogP contribution in [0, 0.1) is 46.3 Å². The van der Waals surface area contributed by atoms with E-state index < -0.39 is 12.2 Å². The van der Waals surface area contributed by atoms with Crippen LogP contribution >= 0.6 is 0 Å². The van der Waals surface area contributed by atoms with Gasteiger partial charge in [0.15, 0.2) is 0 Å². The van der Waals surface area contributed by atoms with Crippen molar-refractivity contribution in [3.05, 3.63) is 11.6 Å². The normalized spacial score (nSPS) is 47.9. The highest BCUT2D eigenvalue weighted by molar-refractivity contribution is 5.29. The monoisotopic (exact) mass is 402 g/mol. The first kappa shape index (κ1) is 21.9. The minimum atomic E-state index is -0.625. The van der Waals surface area contributed by atoms with Gasteiger partial charge in [-0.2, -0.15) is 0 Å². The molecule has 3 fully saturated rings. The first-order chi connectivity index (χ1) is 13.7. The second kappa shape index (κ2) is 7.97. The predicted molar refractivity (Wildman–Crippen MR) is 120 cm³/mol. The average Bonchev–Trinajstić information content (AvgIpc) is 3.02. The van der Waals surface area contributed by atoms with E-state index in [1.165, 1.54) is 50.5 Å². The minimum absolute atomic E-state index is 0.115. The fraction of sp³-hybridized carbons (Fsp3) is 0.926. The maximum Gasteiger partial charge on any atom is 0.101 e. The molecule has 0 saturated heterocycles. The second-order valence-corrected chi connectivity index (χ2v) is 12.3. The van der Waals surface area contributed by atoms with Crippen LogP contribution in [-0.4, -0.2) is 22.4 Å². The molecule has 29 heavy (non-hydrogen) atoms. The van der Waals surface area contributed by atoms with E-state index in [2.05, 4.69) is 40.7 Å². The number of aliphatic hydroxyl groups is 2. The van der Waals surface area contributed by atoms with E-state index in [-0.39, 0.29) is 5.41 Å². The van der Waals surface area contributed by atoms with Gasteiger partial charge >= 0.3 is 0 Å². The summed E-state index contributed by atoms with van der Waals surface area (Å²) in [6.07, 6.45) is 13.9. The molecule has 0 bridgehead atoms. The molecule has 166 valence electrons. The van der Waals surface area contributed by atoms with Gasteiger partial charge in [0.05, 0.1) is 6.10 Å². The lowest BCUT2D eigenvalue weighted by atomic mass is 9.46. The summed E-state index contributed by atoms with van der Waals surface area (Å²) >= 11 is 0. The quantitative estimate of drug-likeness (QED) is 0.525. The third-order valence-electron chi connectivity index (χ3n) is 10.4. The Morgan fingerprint density at radius 1 is 0.966 bits per heavy atom. The van der Waals surface area contributed by atoms with Crippen LogP contribution < -0.4 is 0 Å². The van der Waals surface area contributed by atoms with Crippen LogP contribution in [0.3, 0.4) is 0 Å². The van der Waals surface area contributed by atoms with Gasteiger partial charge < -0.3 is 10.2 Å². The number of fused-ring (bicyclic) bond motifs is 5. The zero-order valence-corrected chi connectivity index (χ0v) is 19.7. The molecular formula is C27H46O2. The SMILES string of the molecule is CC(C)CCC[C@@H](C)[C@H]1CC[C@H]2[C@@H]3CC=C4[C@@H](O)[C@@H](O)CC[C@]4(C)[C@H]3CC[C@]12C. The summed E-state index contributed by atoms with van der Waals surface area (Å²) in [5, 5.41) is 20.9. The zero-order chi connectivity index (χ0) is 21.0. The van der Waals surface area contributed by atoms with Crippen LogP contribution in [0.4, 0.5) is 0 Å². The van der Waals surface area contributed by atoms with E-state index in [0.29, 0.717) is 11.3 Å². The number of aliphatic hydroxyl groups excluding tert-OH is 2. The van der Waals surface area contributed by atoms with Crippen molar-refractivity contribution in [1.82, 2.24) is 0 Å². The summed E-state index contributed by atoms with van der Waals surface area (Å²) in [6, 6.07) is 0. The molecule has 0 aromatic rings. The fourth-order valence-electron chi connectivity index (χ4n) is 8.74. The molecule has 4 aliphatic rings. The summed E-state index contributed by atoms with van der Waals surface area (Å²) in [4.78, 5) is 0. The van der Waals surface area contributed by atoms with E-state index in [1.807, 2.05) is 0 Å². The Kier molecular flexibility index (Phi) is 6.01. The number of allylic oxidation sites excluding steroid dienone is 1. The highest BCUT2D eigenvalue weighted by Crippen LogP contribution is 2.67. The number of hydrogen-bond donors (Lipinski definition) is 2. The molecule has 4 aliphatic carbocycles. The van der Waals surface area contributed by atoms with Crippen molar-refractivity contribution < 1.29 is 10.2 Å². The van der Waals surface area contributed by atoms with E-state index in [1.54, 1.807) is 0 Å². The van der Waals surface area contributed by atoms with E-state index in [4.69, 9.17) is 0 Å². The largest absolute Gasteiger partial charge is 0.390 e. The molecule has 0 unspecified atom stereocenters. The first-order valence-corrected chi connectivity index (χ1v) is 12.7. The molecule has 4 rings (SSSR count). The molecule has 9 atom stereocenters.